The van der Waals surface area contributed by atoms with E-state index in [0.29, 0.717) is 22.4 Å². The third kappa shape index (κ3) is 4.47. The van der Waals surface area contributed by atoms with E-state index < -0.39 is 5.97 Å². The molecule has 0 aliphatic heterocycles. The van der Waals surface area contributed by atoms with Crippen LogP contribution in [0.2, 0.25) is 5.02 Å². The Balaban J connectivity index is 1.80. The smallest absolute Gasteiger partial charge is 0.338 e. The van der Waals surface area contributed by atoms with Crippen LogP contribution >= 0.6 is 11.6 Å². The summed E-state index contributed by atoms with van der Waals surface area (Å²) in [5.74, 6) is 0.297. The molecule has 2 rings (SSSR count). The van der Waals surface area contributed by atoms with Crippen molar-refractivity contribution in [3.05, 3.63) is 34.9 Å². The number of hydrogen-bond donors (Lipinski definition) is 1. The molecule has 120 valence electrons. The summed E-state index contributed by atoms with van der Waals surface area (Å²) in [6, 6.07) is 6.55. The fourth-order valence-electron chi connectivity index (χ4n) is 2.83. The largest absolute Gasteiger partial charge is 0.452 e. The highest BCUT2D eigenvalue weighted by atomic mass is 35.5. The van der Waals surface area contributed by atoms with E-state index in [0.717, 1.165) is 12.8 Å². The van der Waals surface area contributed by atoms with Gasteiger partial charge in [-0.2, -0.15) is 0 Å². The fraction of sp³-hybridized carbons (Fsp3) is 0.529. The Kier molecular flexibility index (Phi) is 5.83. The zero-order valence-corrected chi connectivity index (χ0v) is 13.7. The van der Waals surface area contributed by atoms with Gasteiger partial charge in [0.2, 0.25) is 0 Å². The van der Waals surface area contributed by atoms with Crippen LogP contribution in [0.15, 0.2) is 24.3 Å². The van der Waals surface area contributed by atoms with E-state index in [1.807, 2.05) is 0 Å². The molecule has 0 saturated heterocycles. The number of rotatable bonds is 4. The number of benzene rings is 1. The molecule has 1 aliphatic carbocycles. The zero-order chi connectivity index (χ0) is 16.1. The summed E-state index contributed by atoms with van der Waals surface area (Å²) in [7, 11) is 0. The number of halogens is 1. The molecule has 1 N–H and O–H groups in total. The summed E-state index contributed by atoms with van der Waals surface area (Å²) in [6.07, 6.45) is 3.32. The van der Waals surface area contributed by atoms with E-state index in [1.54, 1.807) is 24.3 Å². The molecule has 3 atom stereocenters. The summed E-state index contributed by atoms with van der Waals surface area (Å²) < 4.78 is 5.04. The molecule has 4 nitrogen and oxygen atoms in total. The Bertz CT molecular complexity index is 529. The first-order valence-corrected chi connectivity index (χ1v) is 8.07. The standard InChI is InChI=1S/C17H22ClNO3/c1-11-4-3-5-15(12(11)2)19-16(20)10-22-17(21)13-6-8-14(18)9-7-13/h6-9,11-12,15H,3-5,10H2,1-2H3,(H,19,20)/t11-,12+,15-/m1/s1. The second kappa shape index (κ2) is 7.63. The third-order valence-corrected chi connectivity index (χ3v) is 4.72. The molecule has 0 spiro atoms. The summed E-state index contributed by atoms with van der Waals surface area (Å²) in [6.45, 7) is 4.12. The highest BCUT2D eigenvalue weighted by molar-refractivity contribution is 6.30. The Morgan fingerprint density at radius 3 is 2.59 bits per heavy atom. The van der Waals surface area contributed by atoms with Gasteiger partial charge in [0.25, 0.3) is 5.91 Å². The first-order valence-electron chi connectivity index (χ1n) is 7.69. The molecule has 0 heterocycles. The van der Waals surface area contributed by atoms with E-state index in [9.17, 15) is 9.59 Å². The van der Waals surface area contributed by atoms with Gasteiger partial charge < -0.3 is 10.1 Å². The number of amides is 1. The van der Waals surface area contributed by atoms with Crippen LogP contribution in [0.5, 0.6) is 0 Å². The summed E-state index contributed by atoms with van der Waals surface area (Å²) in [4.78, 5) is 23.8. The van der Waals surface area contributed by atoms with Crippen LogP contribution in [0.25, 0.3) is 0 Å². The van der Waals surface area contributed by atoms with Gasteiger partial charge in [0.1, 0.15) is 0 Å². The van der Waals surface area contributed by atoms with E-state index in [1.165, 1.54) is 6.42 Å². The Hall–Kier alpha value is -1.55. The van der Waals surface area contributed by atoms with Crippen molar-refractivity contribution in [3.8, 4) is 0 Å². The molecule has 0 bridgehead atoms. The van der Waals surface area contributed by atoms with Crippen molar-refractivity contribution >= 4 is 23.5 Å². The van der Waals surface area contributed by atoms with Crippen molar-refractivity contribution in [2.24, 2.45) is 11.8 Å². The van der Waals surface area contributed by atoms with Crippen LogP contribution in [0.1, 0.15) is 43.5 Å². The molecular formula is C17H22ClNO3. The van der Waals surface area contributed by atoms with Crippen LogP contribution in [-0.2, 0) is 9.53 Å². The van der Waals surface area contributed by atoms with Gasteiger partial charge in [-0.05, 0) is 42.5 Å². The van der Waals surface area contributed by atoms with E-state index >= 15 is 0 Å². The van der Waals surface area contributed by atoms with Crippen molar-refractivity contribution in [1.82, 2.24) is 5.32 Å². The second-order valence-electron chi connectivity index (χ2n) is 6.02. The summed E-state index contributed by atoms with van der Waals surface area (Å²) in [5, 5.41) is 3.53. The maximum Gasteiger partial charge on any atom is 0.338 e. The van der Waals surface area contributed by atoms with Crippen molar-refractivity contribution in [3.63, 3.8) is 0 Å². The number of nitrogens with one attached hydrogen (secondary N) is 1. The highest BCUT2D eigenvalue weighted by Crippen LogP contribution is 2.29. The molecule has 1 amide bonds. The van der Waals surface area contributed by atoms with Gasteiger partial charge in [0.15, 0.2) is 6.61 Å². The van der Waals surface area contributed by atoms with Crippen LogP contribution in [0.4, 0.5) is 0 Å². The minimum atomic E-state index is -0.517. The SMILES string of the molecule is C[C@H]1[C@H](C)CCC[C@H]1NC(=O)COC(=O)c1ccc(Cl)cc1. The van der Waals surface area contributed by atoms with Gasteiger partial charge in [-0.3, -0.25) is 4.79 Å². The zero-order valence-electron chi connectivity index (χ0n) is 13.0. The van der Waals surface area contributed by atoms with Gasteiger partial charge in [-0.1, -0.05) is 38.3 Å². The lowest BCUT2D eigenvalue weighted by molar-refractivity contribution is -0.125. The van der Waals surface area contributed by atoms with Crippen molar-refractivity contribution in [2.45, 2.75) is 39.2 Å². The molecule has 1 aromatic rings. The Morgan fingerprint density at radius 2 is 1.91 bits per heavy atom. The van der Waals surface area contributed by atoms with Crippen LogP contribution < -0.4 is 5.32 Å². The van der Waals surface area contributed by atoms with Gasteiger partial charge >= 0.3 is 5.97 Å². The van der Waals surface area contributed by atoms with Crippen LogP contribution in [0, 0.1) is 11.8 Å². The van der Waals surface area contributed by atoms with E-state index in [2.05, 4.69) is 19.2 Å². The minimum absolute atomic E-state index is 0.172. The van der Waals surface area contributed by atoms with Crippen molar-refractivity contribution in [2.75, 3.05) is 6.61 Å². The quantitative estimate of drug-likeness (QED) is 0.864. The molecule has 0 aromatic heterocycles. The minimum Gasteiger partial charge on any atom is -0.452 e. The lowest BCUT2D eigenvalue weighted by Crippen LogP contribution is -2.45. The number of esters is 1. The normalized spacial score (nSPS) is 24.6. The molecule has 1 aromatic carbocycles. The maximum atomic E-state index is 11.9. The van der Waals surface area contributed by atoms with Crippen molar-refractivity contribution < 1.29 is 14.3 Å². The Labute approximate surface area is 136 Å². The molecule has 22 heavy (non-hydrogen) atoms. The number of carbonyl (C=O) groups is 2. The van der Waals surface area contributed by atoms with Gasteiger partial charge in [0.05, 0.1) is 5.56 Å². The molecule has 5 heteroatoms. The van der Waals surface area contributed by atoms with Crippen LogP contribution in [-0.4, -0.2) is 24.5 Å². The van der Waals surface area contributed by atoms with E-state index in [-0.39, 0.29) is 18.6 Å². The first-order chi connectivity index (χ1) is 10.5. The summed E-state index contributed by atoms with van der Waals surface area (Å²) in [5.41, 5.74) is 0.386. The molecular weight excluding hydrogens is 302 g/mol. The molecule has 1 fully saturated rings. The second-order valence-corrected chi connectivity index (χ2v) is 6.46. The van der Waals surface area contributed by atoms with Crippen molar-refractivity contribution in [1.29, 1.82) is 0 Å². The lowest BCUT2D eigenvalue weighted by Gasteiger charge is -2.34. The van der Waals surface area contributed by atoms with E-state index in [4.69, 9.17) is 16.3 Å². The topological polar surface area (TPSA) is 55.4 Å². The predicted molar refractivity (Wildman–Crippen MR) is 85.8 cm³/mol. The average Bonchev–Trinajstić information content (AvgIpc) is 2.50. The van der Waals surface area contributed by atoms with Gasteiger partial charge in [-0.25, -0.2) is 4.79 Å². The molecule has 1 saturated carbocycles. The molecule has 0 unspecified atom stereocenters. The predicted octanol–water partition coefficient (Wildman–Crippen LogP) is 3.44. The molecule has 0 radical (unpaired) electrons. The maximum absolute atomic E-state index is 11.9. The Morgan fingerprint density at radius 1 is 1.23 bits per heavy atom. The van der Waals surface area contributed by atoms with Crippen LogP contribution in [0.3, 0.4) is 0 Å². The molecule has 1 aliphatic rings. The lowest BCUT2D eigenvalue weighted by atomic mass is 9.78. The first kappa shape index (κ1) is 16.8. The average molecular weight is 324 g/mol. The third-order valence-electron chi connectivity index (χ3n) is 4.47. The number of hydrogen-bond acceptors (Lipinski definition) is 3. The van der Waals surface area contributed by atoms with Gasteiger partial charge in [0, 0.05) is 11.1 Å². The summed E-state index contributed by atoms with van der Waals surface area (Å²) >= 11 is 5.76. The number of ether oxygens (including phenoxy) is 1. The highest BCUT2D eigenvalue weighted by Gasteiger charge is 2.28. The van der Waals surface area contributed by atoms with Gasteiger partial charge in [-0.15, -0.1) is 0 Å². The fourth-order valence-corrected chi connectivity index (χ4v) is 2.96. The monoisotopic (exact) mass is 323 g/mol. The number of carbonyl (C=O) groups excluding carboxylic acids is 2.